The van der Waals surface area contributed by atoms with Gasteiger partial charge in [0.1, 0.15) is 5.69 Å². The Morgan fingerprint density at radius 1 is 1.15 bits per heavy atom. The van der Waals surface area contributed by atoms with Crippen LogP contribution in [-0.4, -0.2) is 22.5 Å². The third-order valence-electron chi connectivity index (χ3n) is 4.87. The molecule has 0 saturated carbocycles. The van der Waals surface area contributed by atoms with E-state index in [4.69, 9.17) is 4.52 Å². The molecule has 0 spiro atoms. The molecule has 0 unspecified atom stereocenters. The molecule has 0 saturated heterocycles. The number of aromatic nitrogens is 1. The van der Waals surface area contributed by atoms with Crippen molar-refractivity contribution >= 4 is 39.5 Å². The fourth-order valence-corrected chi connectivity index (χ4v) is 5.41. The summed E-state index contributed by atoms with van der Waals surface area (Å²) in [4.78, 5) is 17.8. The molecule has 1 aromatic carbocycles. The first-order chi connectivity index (χ1) is 12.8. The van der Waals surface area contributed by atoms with Crippen molar-refractivity contribution in [2.24, 2.45) is 0 Å². The van der Waals surface area contributed by atoms with Crippen molar-refractivity contribution in [3.63, 3.8) is 0 Å². The van der Waals surface area contributed by atoms with Crippen LogP contribution >= 0.6 is 22.7 Å². The Morgan fingerprint density at radius 3 is 2.96 bits per heavy atom. The Kier molecular flexibility index (Phi) is 3.87. The number of hydrogen-bond donors (Lipinski definition) is 0. The van der Waals surface area contributed by atoms with Crippen molar-refractivity contribution < 1.29 is 9.32 Å². The smallest absolute Gasteiger partial charge is 0.229 e. The molecule has 0 aliphatic carbocycles. The monoisotopic (exact) mass is 380 g/mol. The summed E-state index contributed by atoms with van der Waals surface area (Å²) < 4.78 is 5.36. The topological polar surface area (TPSA) is 46.3 Å². The summed E-state index contributed by atoms with van der Waals surface area (Å²) >= 11 is 3.49. The first-order valence-electron chi connectivity index (χ1n) is 8.53. The van der Waals surface area contributed by atoms with Crippen molar-refractivity contribution in [1.29, 1.82) is 0 Å². The van der Waals surface area contributed by atoms with E-state index in [0.717, 1.165) is 23.9 Å². The van der Waals surface area contributed by atoms with E-state index in [1.807, 2.05) is 29.2 Å². The van der Waals surface area contributed by atoms with E-state index in [1.165, 1.54) is 15.3 Å². The van der Waals surface area contributed by atoms with Crippen molar-refractivity contribution in [2.45, 2.75) is 18.9 Å². The zero-order valence-corrected chi connectivity index (χ0v) is 15.6. The molecule has 0 fully saturated rings. The lowest BCUT2D eigenvalue weighted by molar-refractivity contribution is -0.132. The number of amides is 1. The first kappa shape index (κ1) is 15.8. The van der Waals surface area contributed by atoms with Crippen LogP contribution in [0.25, 0.3) is 11.0 Å². The Hall–Kier alpha value is -2.44. The molecule has 5 rings (SSSR count). The molecule has 1 amide bonds. The zero-order valence-electron chi connectivity index (χ0n) is 13.9. The summed E-state index contributed by atoms with van der Waals surface area (Å²) in [5.74, 6) is 0.0966. The predicted molar refractivity (Wildman–Crippen MR) is 104 cm³/mol. The van der Waals surface area contributed by atoms with Crippen LogP contribution in [0.1, 0.15) is 27.1 Å². The van der Waals surface area contributed by atoms with Gasteiger partial charge in [-0.25, -0.2) is 0 Å². The highest BCUT2D eigenvalue weighted by Crippen LogP contribution is 2.39. The second kappa shape index (κ2) is 6.37. The van der Waals surface area contributed by atoms with Gasteiger partial charge in [-0.1, -0.05) is 23.4 Å². The molecule has 0 bridgehead atoms. The highest BCUT2D eigenvalue weighted by Gasteiger charge is 2.33. The normalized spacial score (nSPS) is 16.8. The Balaban J connectivity index is 1.49. The van der Waals surface area contributed by atoms with E-state index in [0.29, 0.717) is 5.69 Å². The minimum absolute atomic E-state index is 0.00988. The van der Waals surface area contributed by atoms with Gasteiger partial charge < -0.3 is 9.42 Å². The Bertz CT molecular complexity index is 1060. The summed E-state index contributed by atoms with van der Waals surface area (Å²) in [6, 6.07) is 14.0. The van der Waals surface area contributed by atoms with Crippen molar-refractivity contribution in [2.75, 3.05) is 6.54 Å². The van der Waals surface area contributed by atoms with Crippen LogP contribution in [0, 0.1) is 0 Å². The molecular weight excluding hydrogens is 364 g/mol. The second-order valence-corrected chi connectivity index (χ2v) is 8.34. The summed E-state index contributed by atoms with van der Waals surface area (Å²) in [7, 11) is 0. The van der Waals surface area contributed by atoms with Gasteiger partial charge >= 0.3 is 0 Å². The number of hydrogen-bond acceptors (Lipinski definition) is 5. The molecule has 130 valence electrons. The predicted octanol–water partition coefficient (Wildman–Crippen LogP) is 4.67. The van der Waals surface area contributed by atoms with Crippen molar-refractivity contribution in [1.82, 2.24) is 10.1 Å². The van der Waals surface area contributed by atoms with Crippen LogP contribution in [-0.2, 0) is 17.6 Å². The molecule has 6 heteroatoms. The van der Waals surface area contributed by atoms with Gasteiger partial charge in [-0.05, 0) is 47.0 Å². The first-order valence-corrected chi connectivity index (χ1v) is 10.3. The minimum atomic E-state index is 0.00988. The molecule has 3 aromatic heterocycles. The maximum Gasteiger partial charge on any atom is 0.229 e. The Morgan fingerprint density at radius 2 is 2.08 bits per heavy atom. The third-order valence-corrected chi connectivity index (χ3v) is 6.79. The highest BCUT2D eigenvalue weighted by atomic mass is 32.1. The lowest BCUT2D eigenvalue weighted by Crippen LogP contribution is -2.40. The Labute approximate surface area is 158 Å². The molecular formula is C20H16N2O2S2. The maximum atomic E-state index is 13.2. The summed E-state index contributed by atoms with van der Waals surface area (Å²) in [6.07, 6.45) is 1.18. The number of fused-ring (bicyclic) bond motifs is 2. The largest absolute Gasteiger partial charge is 0.356 e. The van der Waals surface area contributed by atoms with E-state index in [9.17, 15) is 4.79 Å². The van der Waals surface area contributed by atoms with Gasteiger partial charge in [-0.2, -0.15) is 0 Å². The number of thiophene rings is 2. The number of rotatable bonds is 3. The van der Waals surface area contributed by atoms with E-state index in [-0.39, 0.29) is 18.4 Å². The molecule has 4 heterocycles. The fourth-order valence-electron chi connectivity index (χ4n) is 3.65. The molecule has 4 nitrogen and oxygen atoms in total. The lowest BCUT2D eigenvalue weighted by Gasteiger charge is -2.35. The van der Waals surface area contributed by atoms with Gasteiger partial charge in [0.05, 0.1) is 12.5 Å². The molecule has 1 aliphatic rings. The average Bonchev–Trinajstić information content (AvgIpc) is 3.41. The number of para-hydroxylation sites is 1. The van der Waals surface area contributed by atoms with E-state index in [2.05, 4.69) is 34.1 Å². The van der Waals surface area contributed by atoms with E-state index >= 15 is 0 Å². The quantitative estimate of drug-likeness (QED) is 0.519. The number of nitrogens with zero attached hydrogens (tertiary/aromatic N) is 2. The zero-order chi connectivity index (χ0) is 17.5. The lowest BCUT2D eigenvalue weighted by atomic mass is 9.97. The number of benzene rings is 1. The van der Waals surface area contributed by atoms with Crippen molar-refractivity contribution in [3.05, 3.63) is 74.2 Å². The highest BCUT2D eigenvalue weighted by molar-refractivity contribution is 7.10. The van der Waals surface area contributed by atoms with E-state index in [1.54, 1.807) is 22.7 Å². The summed E-state index contributed by atoms with van der Waals surface area (Å²) in [5, 5.41) is 9.26. The fraction of sp³-hybridized carbons (Fsp3) is 0.200. The van der Waals surface area contributed by atoms with Crippen LogP contribution in [0.4, 0.5) is 0 Å². The van der Waals surface area contributed by atoms with Crippen LogP contribution < -0.4 is 0 Å². The van der Waals surface area contributed by atoms with Gasteiger partial charge in [-0.15, -0.1) is 22.7 Å². The van der Waals surface area contributed by atoms with Gasteiger partial charge in [0.25, 0.3) is 0 Å². The van der Waals surface area contributed by atoms with Crippen LogP contribution in [0.2, 0.25) is 0 Å². The van der Waals surface area contributed by atoms with Crippen LogP contribution in [0.3, 0.4) is 0 Å². The molecule has 4 aromatic rings. The molecule has 26 heavy (non-hydrogen) atoms. The molecule has 0 N–H and O–H groups in total. The second-order valence-electron chi connectivity index (χ2n) is 6.36. The standard InChI is InChI=1S/C20H16N2O2S2/c23-19(12-15-13-4-1-2-5-16(13)24-21-15)22-9-7-17-14(8-11-26-17)20(22)18-6-3-10-25-18/h1-6,8,10-11,20H,7,9,12H2/t20-/m1/s1. The number of carbonyl (C=O) groups is 1. The van der Waals surface area contributed by atoms with Crippen molar-refractivity contribution in [3.8, 4) is 0 Å². The van der Waals surface area contributed by atoms with Crippen LogP contribution in [0.15, 0.2) is 57.7 Å². The minimum Gasteiger partial charge on any atom is -0.356 e. The summed E-state index contributed by atoms with van der Waals surface area (Å²) in [6.45, 7) is 0.741. The van der Waals surface area contributed by atoms with Gasteiger partial charge in [-0.3, -0.25) is 4.79 Å². The van der Waals surface area contributed by atoms with Crippen LogP contribution in [0.5, 0.6) is 0 Å². The number of carbonyl (C=O) groups excluding carboxylic acids is 1. The SMILES string of the molecule is O=C(Cc1noc2ccccc12)N1CCc2sccc2[C@@H]1c1cccs1. The third kappa shape index (κ3) is 2.57. The van der Waals surface area contributed by atoms with Gasteiger partial charge in [0.2, 0.25) is 5.91 Å². The molecule has 1 atom stereocenters. The van der Waals surface area contributed by atoms with E-state index < -0.39 is 0 Å². The maximum absolute atomic E-state index is 13.2. The van der Waals surface area contributed by atoms with Gasteiger partial charge in [0.15, 0.2) is 5.58 Å². The van der Waals surface area contributed by atoms with Gasteiger partial charge in [0, 0.05) is 21.7 Å². The molecule has 1 aliphatic heterocycles. The summed E-state index contributed by atoms with van der Waals surface area (Å²) in [5.41, 5.74) is 2.71. The average molecular weight is 380 g/mol. The molecule has 0 radical (unpaired) electrons.